The van der Waals surface area contributed by atoms with Crippen LogP contribution >= 0.6 is 11.6 Å². The molecule has 0 spiro atoms. The van der Waals surface area contributed by atoms with Gasteiger partial charge in [-0.3, -0.25) is 5.32 Å². The minimum atomic E-state index is -4.96. The fourth-order valence-electron chi connectivity index (χ4n) is 2.42. The number of anilines is 1. The second-order valence-corrected chi connectivity index (χ2v) is 5.94. The molecule has 7 heteroatoms. The van der Waals surface area contributed by atoms with Crippen molar-refractivity contribution in [3.63, 3.8) is 0 Å². The summed E-state index contributed by atoms with van der Waals surface area (Å²) in [6, 6.07) is 10.4. The van der Waals surface area contributed by atoms with Crippen LogP contribution in [0, 0.1) is 18.8 Å². The molecule has 0 fully saturated rings. The van der Waals surface area contributed by atoms with E-state index >= 15 is 0 Å². The van der Waals surface area contributed by atoms with Gasteiger partial charge < -0.3 is 4.74 Å². The van der Waals surface area contributed by atoms with E-state index in [2.05, 4.69) is 21.9 Å². The number of carbonyl (C=O) groups is 1. The number of benzene rings is 2. The van der Waals surface area contributed by atoms with E-state index < -0.39 is 17.9 Å². The first-order valence-corrected chi connectivity index (χ1v) is 7.56. The zero-order valence-electron chi connectivity index (χ0n) is 12.9. The minimum Gasteiger partial charge on any atom is -0.415 e. The molecule has 0 bridgehead atoms. The lowest BCUT2D eigenvalue weighted by Crippen LogP contribution is -2.49. The van der Waals surface area contributed by atoms with Crippen molar-refractivity contribution in [2.24, 2.45) is 0 Å². The average Bonchev–Trinajstić information content (AvgIpc) is 2.53. The quantitative estimate of drug-likeness (QED) is 0.666. The van der Waals surface area contributed by atoms with Gasteiger partial charge in [-0.2, -0.15) is 13.2 Å². The summed E-state index contributed by atoms with van der Waals surface area (Å²) in [5, 5.41) is 2.31. The van der Waals surface area contributed by atoms with Crippen molar-refractivity contribution in [3.05, 3.63) is 64.2 Å². The lowest BCUT2D eigenvalue weighted by molar-refractivity contribution is -0.239. The molecule has 3 rings (SSSR count). The van der Waals surface area contributed by atoms with E-state index in [4.69, 9.17) is 11.6 Å². The average molecular weight is 366 g/mol. The van der Waals surface area contributed by atoms with Crippen molar-refractivity contribution in [2.45, 2.75) is 18.7 Å². The topological polar surface area (TPSA) is 38.3 Å². The highest BCUT2D eigenvalue weighted by Gasteiger charge is 2.62. The highest BCUT2D eigenvalue weighted by Crippen LogP contribution is 2.47. The number of hydrogen-bond donors (Lipinski definition) is 1. The van der Waals surface area contributed by atoms with Gasteiger partial charge in [-0.25, -0.2) is 4.79 Å². The van der Waals surface area contributed by atoms with Gasteiger partial charge >= 0.3 is 12.3 Å². The zero-order valence-corrected chi connectivity index (χ0v) is 13.6. The monoisotopic (exact) mass is 365 g/mol. The van der Waals surface area contributed by atoms with Gasteiger partial charge in [-0.1, -0.05) is 35.2 Å². The van der Waals surface area contributed by atoms with E-state index in [-0.39, 0.29) is 16.3 Å². The molecule has 25 heavy (non-hydrogen) atoms. The first-order valence-electron chi connectivity index (χ1n) is 7.18. The third-order valence-electron chi connectivity index (χ3n) is 3.68. The van der Waals surface area contributed by atoms with E-state index in [0.717, 1.165) is 11.6 Å². The first-order chi connectivity index (χ1) is 11.7. The smallest absolute Gasteiger partial charge is 0.415 e. The molecule has 0 aromatic heterocycles. The Kier molecular flexibility index (Phi) is 4.13. The van der Waals surface area contributed by atoms with E-state index in [1.165, 1.54) is 12.1 Å². The number of nitrogens with one attached hydrogen (secondary N) is 1. The first kappa shape index (κ1) is 17.2. The summed E-state index contributed by atoms with van der Waals surface area (Å²) < 4.78 is 46.3. The molecule has 1 amide bonds. The Balaban J connectivity index is 2.21. The Hall–Kier alpha value is -2.65. The standard InChI is InChI=1S/C18H11ClF3NO2/c1-11-2-4-12(5-3-11)8-9-17(18(20,21)22)14-10-13(19)6-7-15(14)23-16(24)25-17/h2-7,10H,1H3,(H,23,24). The van der Waals surface area contributed by atoms with Crippen molar-refractivity contribution in [3.8, 4) is 11.8 Å². The van der Waals surface area contributed by atoms with Crippen LogP contribution in [-0.2, 0) is 10.3 Å². The number of carbonyl (C=O) groups excluding carboxylic acids is 1. The van der Waals surface area contributed by atoms with Crippen LogP contribution in [-0.4, -0.2) is 12.3 Å². The van der Waals surface area contributed by atoms with Gasteiger partial charge in [0, 0.05) is 16.1 Å². The molecule has 1 N–H and O–H groups in total. The maximum atomic E-state index is 13.9. The van der Waals surface area contributed by atoms with Gasteiger partial charge in [0.15, 0.2) is 0 Å². The maximum Gasteiger partial charge on any atom is 0.445 e. The predicted molar refractivity (Wildman–Crippen MR) is 87.3 cm³/mol. The zero-order chi connectivity index (χ0) is 18.2. The molecule has 0 saturated carbocycles. The van der Waals surface area contributed by atoms with Crippen LogP contribution < -0.4 is 5.32 Å². The van der Waals surface area contributed by atoms with Crippen molar-refractivity contribution in [2.75, 3.05) is 5.32 Å². The van der Waals surface area contributed by atoms with Gasteiger partial charge in [0.2, 0.25) is 0 Å². The van der Waals surface area contributed by atoms with Gasteiger partial charge in [-0.15, -0.1) is 0 Å². The highest BCUT2D eigenvalue weighted by atomic mass is 35.5. The van der Waals surface area contributed by atoms with Crippen LogP contribution in [0.4, 0.5) is 23.7 Å². The number of rotatable bonds is 0. The van der Waals surface area contributed by atoms with E-state index in [1.54, 1.807) is 24.3 Å². The molecule has 2 aromatic rings. The van der Waals surface area contributed by atoms with Crippen molar-refractivity contribution in [1.29, 1.82) is 0 Å². The molecular weight excluding hydrogens is 355 g/mol. The molecule has 0 saturated heterocycles. The molecule has 2 aromatic carbocycles. The fourth-order valence-corrected chi connectivity index (χ4v) is 2.59. The summed E-state index contributed by atoms with van der Waals surface area (Å²) in [4.78, 5) is 11.7. The molecule has 128 valence electrons. The third-order valence-corrected chi connectivity index (χ3v) is 3.91. The fraction of sp³-hybridized carbons (Fsp3) is 0.167. The summed E-state index contributed by atoms with van der Waals surface area (Å²) in [5.74, 6) is 4.56. The number of cyclic esters (lactones) is 1. The summed E-state index contributed by atoms with van der Waals surface area (Å²) in [6.07, 6.45) is -6.19. The summed E-state index contributed by atoms with van der Waals surface area (Å²) in [6.45, 7) is 1.85. The molecular formula is C18H11ClF3NO2. The number of aryl methyl sites for hydroxylation is 1. The molecule has 1 aliphatic heterocycles. The third kappa shape index (κ3) is 3.15. The molecule has 0 aliphatic carbocycles. The van der Waals surface area contributed by atoms with Crippen LogP contribution in [0.15, 0.2) is 42.5 Å². The van der Waals surface area contributed by atoms with Gasteiger partial charge in [-0.05, 0) is 43.2 Å². The Morgan fingerprint density at radius 1 is 1.16 bits per heavy atom. The summed E-state index contributed by atoms with van der Waals surface area (Å²) in [7, 11) is 0. The Labute approximate surface area is 146 Å². The van der Waals surface area contributed by atoms with Crippen LogP contribution in [0.1, 0.15) is 16.7 Å². The number of hydrogen-bond acceptors (Lipinski definition) is 2. The number of fused-ring (bicyclic) bond motifs is 1. The van der Waals surface area contributed by atoms with Crippen LogP contribution in [0.5, 0.6) is 0 Å². The molecule has 3 nitrogen and oxygen atoms in total. The Morgan fingerprint density at radius 3 is 2.48 bits per heavy atom. The predicted octanol–water partition coefficient (Wildman–Crippen LogP) is 5.02. The molecule has 1 atom stereocenters. The van der Waals surface area contributed by atoms with Crippen LogP contribution in [0.3, 0.4) is 0 Å². The molecule has 1 heterocycles. The van der Waals surface area contributed by atoms with E-state index in [1.807, 2.05) is 6.92 Å². The molecule has 1 aliphatic rings. The van der Waals surface area contributed by atoms with Gasteiger partial charge in [0.1, 0.15) is 0 Å². The molecule has 0 radical (unpaired) electrons. The number of amides is 1. The molecule has 1 unspecified atom stereocenters. The van der Waals surface area contributed by atoms with Crippen LogP contribution in [0.25, 0.3) is 0 Å². The SMILES string of the molecule is Cc1ccc(C#CC2(C(F)(F)F)OC(=O)Nc3ccc(Cl)cc32)cc1. The Morgan fingerprint density at radius 2 is 1.84 bits per heavy atom. The summed E-state index contributed by atoms with van der Waals surface area (Å²) >= 11 is 5.84. The number of halogens is 4. The normalized spacial score (nSPS) is 19.2. The van der Waals surface area contributed by atoms with Gasteiger partial charge in [0.25, 0.3) is 5.60 Å². The van der Waals surface area contributed by atoms with E-state index in [9.17, 15) is 18.0 Å². The lowest BCUT2D eigenvalue weighted by Gasteiger charge is -2.35. The second kappa shape index (κ2) is 6.01. The van der Waals surface area contributed by atoms with Crippen molar-refractivity contribution in [1.82, 2.24) is 0 Å². The number of ether oxygens (including phenoxy) is 1. The largest absolute Gasteiger partial charge is 0.445 e. The van der Waals surface area contributed by atoms with Crippen molar-refractivity contribution >= 4 is 23.4 Å². The minimum absolute atomic E-state index is 0.0452. The Bertz CT molecular complexity index is 897. The maximum absolute atomic E-state index is 13.9. The van der Waals surface area contributed by atoms with E-state index in [0.29, 0.717) is 5.56 Å². The van der Waals surface area contributed by atoms with Gasteiger partial charge in [0.05, 0.1) is 5.69 Å². The van der Waals surface area contributed by atoms with Crippen molar-refractivity contribution < 1.29 is 22.7 Å². The second-order valence-electron chi connectivity index (χ2n) is 5.50. The van der Waals surface area contributed by atoms with Crippen LogP contribution in [0.2, 0.25) is 5.02 Å². The summed E-state index contributed by atoms with van der Waals surface area (Å²) in [5.41, 5.74) is -2.18. The lowest BCUT2D eigenvalue weighted by atomic mass is 9.90. The highest BCUT2D eigenvalue weighted by molar-refractivity contribution is 6.30. The number of alkyl halides is 3.